The van der Waals surface area contributed by atoms with Gasteiger partial charge in [0.15, 0.2) is 0 Å². The summed E-state index contributed by atoms with van der Waals surface area (Å²) < 4.78 is 5.37. The van der Waals surface area contributed by atoms with Crippen LogP contribution in [0.1, 0.15) is 19.3 Å². The van der Waals surface area contributed by atoms with E-state index in [1.54, 1.807) is 0 Å². The molecule has 2 atom stereocenters. The van der Waals surface area contributed by atoms with E-state index in [1.165, 1.54) is 32.4 Å². The van der Waals surface area contributed by atoms with Crippen LogP contribution in [0.3, 0.4) is 0 Å². The van der Waals surface area contributed by atoms with Gasteiger partial charge in [-0.2, -0.15) is 11.8 Å². The quantitative estimate of drug-likeness (QED) is 0.688. The van der Waals surface area contributed by atoms with Gasteiger partial charge in [0.25, 0.3) is 0 Å². The molecule has 13 heavy (non-hydrogen) atoms. The highest BCUT2D eigenvalue weighted by atomic mass is 32.2. The maximum atomic E-state index is 5.37. The van der Waals surface area contributed by atoms with Crippen molar-refractivity contribution in [3.8, 4) is 0 Å². The van der Waals surface area contributed by atoms with Crippen LogP contribution in [0, 0.1) is 0 Å². The van der Waals surface area contributed by atoms with Crippen LogP contribution in [-0.2, 0) is 4.74 Å². The Morgan fingerprint density at radius 1 is 1.62 bits per heavy atom. The van der Waals surface area contributed by atoms with Crippen molar-refractivity contribution in [3.05, 3.63) is 0 Å². The lowest BCUT2D eigenvalue weighted by Gasteiger charge is -2.30. The van der Waals surface area contributed by atoms with Crippen LogP contribution in [0.15, 0.2) is 0 Å². The Morgan fingerprint density at radius 2 is 2.46 bits per heavy atom. The molecule has 0 aliphatic carbocycles. The van der Waals surface area contributed by atoms with Crippen molar-refractivity contribution in [2.45, 2.75) is 30.1 Å². The second kappa shape index (κ2) is 3.79. The van der Waals surface area contributed by atoms with E-state index >= 15 is 0 Å². The third kappa shape index (κ3) is 1.62. The highest BCUT2D eigenvalue weighted by Gasteiger charge is 2.47. The van der Waals surface area contributed by atoms with E-state index < -0.39 is 0 Å². The molecule has 2 saturated heterocycles. The predicted molar refractivity (Wildman–Crippen MR) is 57.3 cm³/mol. The second-order valence-electron chi connectivity index (χ2n) is 4.27. The Labute approximate surface area is 85.0 Å². The second-order valence-corrected chi connectivity index (χ2v) is 5.41. The van der Waals surface area contributed by atoms with Gasteiger partial charge in [-0.25, -0.2) is 0 Å². The molecule has 0 saturated carbocycles. The highest BCUT2D eigenvalue weighted by molar-refractivity contribution is 7.99. The molecule has 2 aliphatic heterocycles. The minimum Gasteiger partial charge on any atom is -0.383 e. The first-order valence-electron chi connectivity index (χ1n) is 5.07. The normalized spacial score (nSPS) is 39.7. The van der Waals surface area contributed by atoms with E-state index in [0.29, 0.717) is 5.54 Å². The van der Waals surface area contributed by atoms with Crippen LogP contribution in [-0.4, -0.2) is 48.8 Å². The number of methoxy groups -OCH3 is 1. The zero-order chi connectivity index (χ0) is 9.31. The summed E-state index contributed by atoms with van der Waals surface area (Å²) in [5.41, 5.74) is 0.419. The summed E-state index contributed by atoms with van der Waals surface area (Å²) in [5, 5.41) is 0.843. The van der Waals surface area contributed by atoms with Gasteiger partial charge in [-0.3, -0.25) is 4.90 Å². The smallest absolute Gasteiger partial charge is 0.0647 e. The number of rotatable bonds is 3. The predicted octanol–water partition coefficient (Wildman–Crippen LogP) is 1.60. The van der Waals surface area contributed by atoms with Gasteiger partial charge in [-0.05, 0) is 32.1 Å². The van der Waals surface area contributed by atoms with E-state index in [2.05, 4.69) is 11.2 Å². The number of thioether (sulfide) groups is 1. The number of fused-ring (bicyclic) bond motifs is 1. The first kappa shape index (κ1) is 9.81. The average molecular weight is 201 g/mol. The zero-order valence-corrected chi connectivity index (χ0v) is 9.40. The SMILES string of the molecule is COC[C@@]12CCCN1C[C@H](SC)C2. The molecule has 0 aromatic carbocycles. The van der Waals surface area contributed by atoms with E-state index in [4.69, 9.17) is 4.74 Å². The Bertz CT molecular complexity index is 188. The van der Waals surface area contributed by atoms with E-state index in [0.717, 1.165) is 11.9 Å². The van der Waals surface area contributed by atoms with Gasteiger partial charge in [-0.1, -0.05) is 0 Å². The van der Waals surface area contributed by atoms with Crippen molar-refractivity contribution >= 4 is 11.8 Å². The van der Waals surface area contributed by atoms with Crippen LogP contribution < -0.4 is 0 Å². The number of ether oxygens (including phenoxy) is 1. The van der Waals surface area contributed by atoms with E-state index in [1.807, 2.05) is 18.9 Å². The molecule has 3 heteroatoms. The minimum absolute atomic E-state index is 0.419. The van der Waals surface area contributed by atoms with Crippen molar-refractivity contribution < 1.29 is 4.74 Å². The molecule has 0 amide bonds. The van der Waals surface area contributed by atoms with Gasteiger partial charge in [0.05, 0.1) is 6.61 Å². The molecule has 0 aromatic rings. The summed E-state index contributed by atoms with van der Waals surface area (Å²) in [6.45, 7) is 3.51. The fourth-order valence-electron chi connectivity index (χ4n) is 2.89. The fourth-order valence-corrected chi connectivity index (χ4v) is 3.70. The number of hydrogen-bond donors (Lipinski definition) is 0. The molecule has 0 N–H and O–H groups in total. The fraction of sp³-hybridized carbons (Fsp3) is 1.00. The van der Waals surface area contributed by atoms with Crippen molar-refractivity contribution in [2.75, 3.05) is 33.1 Å². The highest BCUT2D eigenvalue weighted by Crippen LogP contribution is 2.42. The van der Waals surface area contributed by atoms with Crippen LogP contribution >= 0.6 is 11.8 Å². The van der Waals surface area contributed by atoms with Gasteiger partial charge in [0.2, 0.25) is 0 Å². The molecular weight excluding hydrogens is 182 g/mol. The van der Waals surface area contributed by atoms with Gasteiger partial charge < -0.3 is 4.74 Å². The van der Waals surface area contributed by atoms with Gasteiger partial charge in [-0.15, -0.1) is 0 Å². The Morgan fingerprint density at radius 3 is 3.15 bits per heavy atom. The largest absolute Gasteiger partial charge is 0.383 e. The lowest BCUT2D eigenvalue weighted by Crippen LogP contribution is -2.42. The van der Waals surface area contributed by atoms with E-state index in [-0.39, 0.29) is 0 Å². The summed E-state index contributed by atoms with van der Waals surface area (Å²) in [6, 6.07) is 0. The minimum atomic E-state index is 0.419. The molecule has 0 bridgehead atoms. The third-order valence-electron chi connectivity index (χ3n) is 3.52. The maximum absolute atomic E-state index is 5.37. The lowest BCUT2D eigenvalue weighted by molar-refractivity contribution is 0.0655. The van der Waals surface area contributed by atoms with Gasteiger partial charge in [0, 0.05) is 24.4 Å². The van der Waals surface area contributed by atoms with Gasteiger partial charge in [0.1, 0.15) is 0 Å². The molecule has 0 aromatic heterocycles. The number of nitrogens with zero attached hydrogens (tertiary/aromatic N) is 1. The maximum Gasteiger partial charge on any atom is 0.0647 e. The van der Waals surface area contributed by atoms with Crippen molar-refractivity contribution in [2.24, 2.45) is 0 Å². The number of hydrogen-bond acceptors (Lipinski definition) is 3. The molecule has 2 heterocycles. The average Bonchev–Trinajstić information content (AvgIpc) is 2.60. The molecular formula is C10H19NOS. The summed E-state index contributed by atoms with van der Waals surface area (Å²) >= 11 is 2.02. The van der Waals surface area contributed by atoms with Gasteiger partial charge >= 0.3 is 0 Å². The molecule has 0 unspecified atom stereocenters. The molecule has 0 radical (unpaired) electrons. The van der Waals surface area contributed by atoms with Crippen LogP contribution in [0.5, 0.6) is 0 Å². The Kier molecular flexibility index (Phi) is 2.86. The molecule has 2 nitrogen and oxygen atoms in total. The summed E-state index contributed by atoms with van der Waals surface area (Å²) in [4.78, 5) is 2.65. The summed E-state index contributed by atoms with van der Waals surface area (Å²) in [5.74, 6) is 0. The topological polar surface area (TPSA) is 12.5 Å². The van der Waals surface area contributed by atoms with Crippen molar-refractivity contribution in [1.29, 1.82) is 0 Å². The first-order chi connectivity index (χ1) is 6.30. The summed E-state index contributed by atoms with van der Waals surface area (Å²) in [7, 11) is 1.83. The van der Waals surface area contributed by atoms with Crippen LogP contribution in [0.4, 0.5) is 0 Å². The Hall–Kier alpha value is 0.270. The van der Waals surface area contributed by atoms with Crippen molar-refractivity contribution in [1.82, 2.24) is 4.90 Å². The molecule has 0 spiro atoms. The molecule has 2 fully saturated rings. The molecule has 2 rings (SSSR count). The van der Waals surface area contributed by atoms with Crippen molar-refractivity contribution in [3.63, 3.8) is 0 Å². The Balaban J connectivity index is 2.05. The summed E-state index contributed by atoms with van der Waals surface area (Å²) in [6.07, 6.45) is 6.28. The van der Waals surface area contributed by atoms with Crippen LogP contribution in [0.2, 0.25) is 0 Å². The molecule has 76 valence electrons. The lowest BCUT2D eigenvalue weighted by atomic mass is 9.95. The third-order valence-corrected chi connectivity index (χ3v) is 4.50. The van der Waals surface area contributed by atoms with Crippen LogP contribution in [0.25, 0.3) is 0 Å². The monoisotopic (exact) mass is 201 g/mol. The standard InChI is InChI=1S/C10H19NOS/c1-12-8-10-4-3-5-11(10)7-9(6-10)13-2/h9H,3-8H2,1-2H3/t9-,10+/m1/s1. The first-order valence-corrected chi connectivity index (χ1v) is 6.36. The zero-order valence-electron chi connectivity index (χ0n) is 8.58. The molecule has 2 aliphatic rings. The van der Waals surface area contributed by atoms with E-state index in [9.17, 15) is 0 Å².